The lowest BCUT2D eigenvalue weighted by atomic mass is 9.96. The number of nitrogens with zero attached hydrogens (tertiary/aromatic N) is 1. The molecule has 0 unspecified atom stereocenters. The number of carbonyl (C=O) groups is 1. The van der Waals surface area contributed by atoms with Crippen LogP contribution in [0.15, 0.2) is 83.8 Å². The number of sulfone groups is 1. The molecule has 3 rings (SSSR count). The van der Waals surface area contributed by atoms with Gasteiger partial charge in [0.05, 0.1) is 17.0 Å². The smallest absolute Gasteiger partial charge is 0.339 e. The van der Waals surface area contributed by atoms with Gasteiger partial charge in [0, 0.05) is 19.1 Å². The van der Waals surface area contributed by atoms with Crippen molar-refractivity contribution < 1.29 is 30.8 Å². The monoisotopic (exact) mass is 589 g/mol. The molecule has 0 spiro atoms. The largest absolute Gasteiger partial charge is 0.407 e. The van der Waals surface area contributed by atoms with Crippen LogP contribution in [0.1, 0.15) is 37.4 Å². The molecule has 11 heteroatoms. The van der Waals surface area contributed by atoms with Crippen molar-refractivity contribution in [2.24, 2.45) is 0 Å². The molecular weight excluding hydrogens is 558 g/mol. The van der Waals surface area contributed by atoms with E-state index in [2.05, 4.69) is 10.6 Å². The van der Waals surface area contributed by atoms with Crippen LogP contribution in [0.5, 0.6) is 0 Å². The van der Waals surface area contributed by atoms with Crippen LogP contribution in [0.2, 0.25) is 0 Å². The van der Waals surface area contributed by atoms with Crippen molar-refractivity contribution >= 4 is 15.7 Å². The molecule has 3 atom stereocenters. The molecule has 0 saturated heterocycles. The maximum atomic E-state index is 14.7. The highest BCUT2D eigenvalue weighted by Crippen LogP contribution is 2.35. The van der Waals surface area contributed by atoms with Gasteiger partial charge in [-0.25, -0.2) is 12.8 Å². The summed E-state index contributed by atoms with van der Waals surface area (Å²) in [7, 11) is -3.40. The summed E-state index contributed by atoms with van der Waals surface area (Å²) >= 11 is 0. The van der Waals surface area contributed by atoms with Crippen molar-refractivity contribution in [3.05, 3.63) is 90.0 Å². The zero-order valence-corrected chi connectivity index (χ0v) is 23.6. The molecule has 6 nitrogen and oxygen atoms in total. The van der Waals surface area contributed by atoms with Crippen LogP contribution >= 0.6 is 0 Å². The fourth-order valence-corrected chi connectivity index (χ4v) is 4.94. The van der Waals surface area contributed by atoms with Crippen LogP contribution in [0, 0.1) is 11.3 Å². The molecule has 0 fully saturated rings. The Bertz CT molecular complexity index is 1460. The van der Waals surface area contributed by atoms with E-state index >= 15 is 0 Å². The van der Waals surface area contributed by atoms with E-state index < -0.39 is 52.1 Å². The Labute approximate surface area is 237 Å². The third-order valence-corrected chi connectivity index (χ3v) is 7.44. The lowest BCUT2D eigenvalue weighted by Gasteiger charge is -2.30. The first-order chi connectivity index (χ1) is 19.1. The number of hydrogen-bond donors (Lipinski definition) is 2. The predicted octanol–water partition coefficient (Wildman–Crippen LogP) is 5.71. The van der Waals surface area contributed by atoms with Gasteiger partial charge in [0.25, 0.3) is 0 Å². The molecule has 0 heterocycles. The van der Waals surface area contributed by atoms with Crippen LogP contribution in [0.4, 0.5) is 17.6 Å². The van der Waals surface area contributed by atoms with E-state index in [1.807, 2.05) is 6.07 Å². The van der Waals surface area contributed by atoms with Gasteiger partial charge in [0.2, 0.25) is 5.91 Å². The maximum absolute atomic E-state index is 14.7. The maximum Gasteiger partial charge on any atom is 0.407 e. The van der Waals surface area contributed by atoms with Crippen molar-refractivity contribution in [1.29, 1.82) is 5.26 Å². The topological polar surface area (TPSA) is 99.1 Å². The van der Waals surface area contributed by atoms with E-state index in [1.54, 1.807) is 42.5 Å². The lowest BCUT2D eigenvalue weighted by Crippen LogP contribution is -2.53. The summed E-state index contributed by atoms with van der Waals surface area (Å²) < 4.78 is 80.8. The van der Waals surface area contributed by atoms with Crippen LogP contribution in [-0.2, 0) is 21.1 Å². The van der Waals surface area contributed by atoms with E-state index in [0.717, 1.165) is 25.7 Å². The molecule has 2 N–H and O–H groups in total. The first-order valence-corrected chi connectivity index (χ1v) is 14.6. The predicted molar refractivity (Wildman–Crippen MR) is 148 cm³/mol. The van der Waals surface area contributed by atoms with Gasteiger partial charge in [0.1, 0.15) is 17.8 Å². The van der Waals surface area contributed by atoms with Crippen LogP contribution in [-0.4, -0.2) is 44.5 Å². The fourth-order valence-electron chi connectivity index (χ4n) is 4.31. The zero-order chi connectivity index (χ0) is 30.4. The molecule has 3 aromatic rings. The average molecular weight is 590 g/mol. The summed E-state index contributed by atoms with van der Waals surface area (Å²) in [6.07, 6.45) is -4.21. The number of nitrogens with one attached hydrogen (secondary N) is 2. The van der Waals surface area contributed by atoms with Gasteiger partial charge >= 0.3 is 6.18 Å². The second-order valence-corrected chi connectivity index (χ2v) is 12.4. The first-order valence-electron chi connectivity index (χ1n) is 12.7. The minimum atomic E-state index is -4.84. The molecule has 0 aromatic heterocycles. The number of rotatable bonds is 11. The number of benzene rings is 3. The van der Waals surface area contributed by atoms with E-state index in [0.29, 0.717) is 11.1 Å². The fraction of sp³-hybridized carbons (Fsp3) is 0.333. The van der Waals surface area contributed by atoms with Crippen molar-refractivity contribution in [2.45, 2.75) is 61.6 Å². The Balaban J connectivity index is 1.85. The third-order valence-electron chi connectivity index (χ3n) is 6.32. The summed E-state index contributed by atoms with van der Waals surface area (Å²) in [5.41, 5.74) is -0.308. The summed E-state index contributed by atoms with van der Waals surface area (Å²) in [6, 6.07) is 17.1. The molecule has 41 heavy (non-hydrogen) atoms. The number of hydrogen-bond acceptors (Lipinski definition) is 5. The molecular formula is C30H31F4N3O3S. The van der Waals surface area contributed by atoms with E-state index in [9.17, 15) is 36.0 Å². The summed E-state index contributed by atoms with van der Waals surface area (Å²) in [5, 5.41) is 14.3. The SMILES string of the molecule is CC(C)(F)C[C@H](N[C@@H](c1ccc(-c2ccc(S(C)(=O)=O)cc2)cc1)C(F)(F)F)C(=O)N[C@H](C#N)Cc1ccccc1. The van der Waals surface area contributed by atoms with E-state index in [-0.39, 0.29) is 16.9 Å². The number of halogens is 4. The highest BCUT2D eigenvalue weighted by Gasteiger charge is 2.44. The molecule has 0 aliphatic rings. The molecule has 1 amide bonds. The molecule has 0 saturated carbocycles. The van der Waals surface area contributed by atoms with Gasteiger partial charge in [-0.2, -0.15) is 18.4 Å². The third kappa shape index (κ3) is 9.40. The van der Waals surface area contributed by atoms with Gasteiger partial charge in [-0.15, -0.1) is 0 Å². The van der Waals surface area contributed by atoms with Gasteiger partial charge in [0.15, 0.2) is 9.84 Å². The Morgan fingerprint density at radius 1 is 0.902 bits per heavy atom. The molecule has 218 valence electrons. The second kappa shape index (κ2) is 12.8. The number of nitriles is 1. The number of amides is 1. The number of carbonyl (C=O) groups excluding carboxylic acids is 1. The van der Waals surface area contributed by atoms with Gasteiger partial charge in [-0.1, -0.05) is 66.7 Å². The lowest BCUT2D eigenvalue weighted by molar-refractivity contribution is -0.161. The molecule has 3 aromatic carbocycles. The van der Waals surface area contributed by atoms with Crippen molar-refractivity contribution in [3.63, 3.8) is 0 Å². The Morgan fingerprint density at radius 3 is 1.90 bits per heavy atom. The highest BCUT2D eigenvalue weighted by molar-refractivity contribution is 7.90. The minimum absolute atomic E-state index is 0.113. The molecule has 0 aliphatic heterocycles. The van der Waals surface area contributed by atoms with Crippen molar-refractivity contribution in [2.75, 3.05) is 6.26 Å². The Hall–Kier alpha value is -3.75. The minimum Gasteiger partial charge on any atom is -0.339 e. The first kappa shape index (κ1) is 31.8. The second-order valence-electron chi connectivity index (χ2n) is 10.4. The molecule has 0 radical (unpaired) electrons. The van der Waals surface area contributed by atoms with Gasteiger partial charge < -0.3 is 5.32 Å². The van der Waals surface area contributed by atoms with Crippen molar-refractivity contribution in [1.82, 2.24) is 10.6 Å². The summed E-state index contributed by atoms with van der Waals surface area (Å²) in [5.74, 6) is -0.921. The zero-order valence-electron chi connectivity index (χ0n) is 22.7. The normalized spacial score (nSPS) is 14.5. The Kier molecular flexibility index (Phi) is 9.94. The molecule has 0 aliphatic carbocycles. The Morgan fingerprint density at radius 2 is 1.44 bits per heavy atom. The quantitative estimate of drug-likeness (QED) is 0.279. The van der Waals surface area contributed by atoms with Crippen LogP contribution < -0.4 is 10.6 Å². The summed E-state index contributed by atoms with van der Waals surface area (Å²) in [6.45, 7) is 2.32. The standard InChI is InChI=1S/C30H31F4N3O3S/c1-29(2,31)18-26(28(38)36-24(19-35)17-20-7-5-4-6-8-20)37-27(30(32,33)34)23-11-9-21(10-12-23)22-13-15-25(16-14-22)41(3,39)40/h4-16,24,26-27,37H,17-18H2,1-3H3,(H,36,38)/t24-,26-,27-/m0/s1. The number of alkyl halides is 4. The van der Waals surface area contributed by atoms with Crippen LogP contribution in [0.3, 0.4) is 0 Å². The highest BCUT2D eigenvalue weighted by atomic mass is 32.2. The van der Waals surface area contributed by atoms with E-state index in [1.165, 1.54) is 36.4 Å². The van der Waals surface area contributed by atoms with Crippen molar-refractivity contribution in [3.8, 4) is 17.2 Å². The van der Waals surface area contributed by atoms with Crippen LogP contribution in [0.25, 0.3) is 11.1 Å². The summed E-state index contributed by atoms with van der Waals surface area (Å²) in [4.78, 5) is 13.2. The average Bonchev–Trinajstić information content (AvgIpc) is 2.89. The van der Waals surface area contributed by atoms with Gasteiger partial charge in [-0.05, 0) is 48.2 Å². The molecule has 0 bridgehead atoms. The van der Waals surface area contributed by atoms with Gasteiger partial charge in [-0.3, -0.25) is 10.1 Å². The van der Waals surface area contributed by atoms with E-state index in [4.69, 9.17) is 0 Å².